The Morgan fingerprint density at radius 3 is 2.76 bits per heavy atom. The summed E-state index contributed by atoms with van der Waals surface area (Å²) in [6.07, 6.45) is 5.40. The molecule has 0 aliphatic carbocycles. The van der Waals surface area contributed by atoms with E-state index in [1.165, 1.54) is 25.9 Å². The van der Waals surface area contributed by atoms with Crippen LogP contribution in [0.3, 0.4) is 0 Å². The van der Waals surface area contributed by atoms with Crippen molar-refractivity contribution in [3.05, 3.63) is 36.2 Å². The third-order valence-corrected chi connectivity index (χ3v) is 4.29. The van der Waals surface area contributed by atoms with Gasteiger partial charge in [-0.3, -0.25) is 0 Å². The van der Waals surface area contributed by atoms with Crippen molar-refractivity contribution in [3.63, 3.8) is 0 Å². The molecule has 1 aliphatic rings. The van der Waals surface area contributed by atoms with Crippen LogP contribution in [-0.4, -0.2) is 48.2 Å². The van der Waals surface area contributed by atoms with Gasteiger partial charge in [0.2, 0.25) is 5.95 Å². The summed E-state index contributed by atoms with van der Waals surface area (Å²) in [5.74, 6) is 2.05. The van der Waals surface area contributed by atoms with Gasteiger partial charge in [-0.15, -0.1) is 0 Å². The van der Waals surface area contributed by atoms with Crippen LogP contribution in [0, 0.1) is 6.92 Å². The van der Waals surface area contributed by atoms with Gasteiger partial charge in [0.05, 0.1) is 13.7 Å². The van der Waals surface area contributed by atoms with Gasteiger partial charge >= 0.3 is 0 Å². The van der Waals surface area contributed by atoms with Crippen LogP contribution in [0.5, 0.6) is 11.5 Å². The molecule has 1 aliphatic heterocycles. The molecule has 3 rings (SSSR count). The molecular formula is C19H26N4O2. The topological polar surface area (TPSA) is 59.5 Å². The molecule has 134 valence electrons. The van der Waals surface area contributed by atoms with Gasteiger partial charge < -0.3 is 19.7 Å². The Hall–Kier alpha value is -2.34. The predicted octanol–water partition coefficient (Wildman–Crippen LogP) is 3.40. The second-order valence-electron chi connectivity index (χ2n) is 6.26. The Bertz CT molecular complexity index is 687. The van der Waals surface area contributed by atoms with E-state index in [1.54, 1.807) is 13.3 Å². The lowest BCUT2D eigenvalue weighted by molar-refractivity contribution is 0.254. The zero-order valence-electron chi connectivity index (χ0n) is 15.0. The molecule has 0 atom stereocenters. The molecule has 0 unspecified atom stereocenters. The average molecular weight is 342 g/mol. The van der Waals surface area contributed by atoms with Gasteiger partial charge in [0.1, 0.15) is 0 Å². The van der Waals surface area contributed by atoms with E-state index in [2.05, 4.69) is 20.2 Å². The fraction of sp³-hybridized carbons (Fsp3) is 0.474. The fourth-order valence-electron chi connectivity index (χ4n) is 2.98. The van der Waals surface area contributed by atoms with Crippen molar-refractivity contribution in [1.82, 2.24) is 14.9 Å². The van der Waals surface area contributed by atoms with Crippen molar-refractivity contribution >= 4 is 11.6 Å². The Morgan fingerprint density at radius 2 is 2.00 bits per heavy atom. The van der Waals surface area contributed by atoms with Crippen LogP contribution in [0.25, 0.3) is 0 Å². The van der Waals surface area contributed by atoms with Gasteiger partial charge in [0.15, 0.2) is 11.5 Å². The molecule has 0 bridgehead atoms. The van der Waals surface area contributed by atoms with Crippen LogP contribution in [-0.2, 0) is 0 Å². The van der Waals surface area contributed by atoms with Crippen LogP contribution in [0.15, 0.2) is 30.5 Å². The minimum absolute atomic E-state index is 0.574. The molecule has 1 aromatic heterocycles. The van der Waals surface area contributed by atoms with Gasteiger partial charge in [-0.25, -0.2) is 9.97 Å². The first-order valence-corrected chi connectivity index (χ1v) is 8.84. The molecule has 1 aromatic carbocycles. The average Bonchev–Trinajstić information content (AvgIpc) is 3.12. The van der Waals surface area contributed by atoms with E-state index in [1.807, 2.05) is 31.2 Å². The second kappa shape index (κ2) is 8.67. The Kier molecular flexibility index (Phi) is 6.06. The van der Waals surface area contributed by atoms with E-state index in [0.29, 0.717) is 12.6 Å². The number of anilines is 2. The number of aromatic nitrogens is 2. The van der Waals surface area contributed by atoms with Crippen LogP contribution < -0.4 is 14.8 Å². The van der Waals surface area contributed by atoms with E-state index in [4.69, 9.17) is 9.47 Å². The molecular weight excluding hydrogens is 316 g/mol. The third-order valence-electron chi connectivity index (χ3n) is 4.29. The minimum Gasteiger partial charge on any atom is -0.493 e. The van der Waals surface area contributed by atoms with E-state index in [-0.39, 0.29) is 0 Å². The van der Waals surface area contributed by atoms with Gasteiger partial charge in [-0.1, -0.05) is 0 Å². The van der Waals surface area contributed by atoms with Crippen molar-refractivity contribution in [2.24, 2.45) is 0 Å². The lowest BCUT2D eigenvalue weighted by Crippen LogP contribution is -2.21. The van der Waals surface area contributed by atoms with Gasteiger partial charge in [0.25, 0.3) is 0 Å². The van der Waals surface area contributed by atoms with E-state index in [0.717, 1.165) is 35.8 Å². The van der Waals surface area contributed by atoms with E-state index in [9.17, 15) is 0 Å². The van der Waals surface area contributed by atoms with Crippen molar-refractivity contribution < 1.29 is 9.47 Å². The molecule has 0 radical (unpaired) electrons. The standard InChI is InChI=1S/C19H26N4O2/c1-15-8-9-20-19(21-15)22-16-6-7-17(24-2)18(14-16)25-13-5-12-23-10-3-4-11-23/h6-9,14H,3-5,10-13H2,1-2H3,(H,20,21,22). The highest BCUT2D eigenvalue weighted by Gasteiger charge is 2.11. The molecule has 6 nitrogen and oxygen atoms in total. The zero-order valence-corrected chi connectivity index (χ0v) is 15.0. The van der Waals surface area contributed by atoms with Crippen molar-refractivity contribution in [1.29, 1.82) is 0 Å². The maximum Gasteiger partial charge on any atom is 0.227 e. The summed E-state index contributed by atoms with van der Waals surface area (Å²) in [7, 11) is 1.66. The number of nitrogens with one attached hydrogen (secondary N) is 1. The lowest BCUT2D eigenvalue weighted by Gasteiger charge is -2.16. The summed E-state index contributed by atoms with van der Waals surface area (Å²) < 4.78 is 11.4. The molecule has 1 fully saturated rings. The molecule has 6 heteroatoms. The lowest BCUT2D eigenvalue weighted by atomic mass is 10.2. The summed E-state index contributed by atoms with van der Waals surface area (Å²) in [5.41, 5.74) is 1.80. The van der Waals surface area contributed by atoms with Gasteiger partial charge in [-0.05, 0) is 57.5 Å². The number of hydrogen-bond acceptors (Lipinski definition) is 6. The quantitative estimate of drug-likeness (QED) is 0.742. The Balaban J connectivity index is 1.59. The maximum atomic E-state index is 5.96. The largest absolute Gasteiger partial charge is 0.493 e. The highest BCUT2D eigenvalue weighted by molar-refractivity contribution is 5.59. The summed E-state index contributed by atoms with van der Waals surface area (Å²) >= 11 is 0. The molecule has 0 spiro atoms. The van der Waals surface area contributed by atoms with E-state index >= 15 is 0 Å². The van der Waals surface area contributed by atoms with Crippen LogP contribution in [0.1, 0.15) is 25.0 Å². The molecule has 1 saturated heterocycles. The van der Waals surface area contributed by atoms with Crippen LogP contribution in [0.2, 0.25) is 0 Å². The van der Waals surface area contributed by atoms with Crippen molar-refractivity contribution in [3.8, 4) is 11.5 Å². The predicted molar refractivity (Wildman–Crippen MR) is 98.8 cm³/mol. The van der Waals surface area contributed by atoms with Crippen molar-refractivity contribution in [2.45, 2.75) is 26.2 Å². The third kappa shape index (κ3) is 5.06. The fourth-order valence-corrected chi connectivity index (χ4v) is 2.98. The molecule has 2 aromatic rings. The SMILES string of the molecule is COc1ccc(Nc2nccc(C)n2)cc1OCCCN1CCCC1. The molecule has 0 amide bonds. The number of methoxy groups -OCH3 is 1. The smallest absolute Gasteiger partial charge is 0.227 e. The monoisotopic (exact) mass is 342 g/mol. The number of hydrogen-bond donors (Lipinski definition) is 1. The number of rotatable bonds is 8. The highest BCUT2D eigenvalue weighted by Crippen LogP contribution is 2.31. The Labute approximate surface area is 149 Å². The normalized spacial score (nSPS) is 14.5. The van der Waals surface area contributed by atoms with Gasteiger partial charge in [-0.2, -0.15) is 0 Å². The zero-order chi connectivity index (χ0) is 17.5. The molecule has 0 saturated carbocycles. The molecule has 25 heavy (non-hydrogen) atoms. The maximum absolute atomic E-state index is 5.96. The first-order chi connectivity index (χ1) is 12.2. The van der Waals surface area contributed by atoms with Crippen LogP contribution >= 0.6 is 0 Å². The number of ether oxygens (including phenoxy) is 2. The first-order valence-electron chi connectivity index (χ1n) is 8.84. The number of likely N-dealkylation sites (tertiary alicyclic amines) is 1. The van der Waals surface area contributed by atoms with E-state index < -0.39 is 0 Å². The summed E-state index contributed by atoms with van der Waals surface area (Å²) in [5, 5.41) is 3.21. The second-order valence-corrected chi connectivity index (χ2v) is 6.26. The Morgan fingerprint density at radius 1 is 1.16 bits per heavy atom. The van der Waals surface area contributed by atoms with Crippen LogP contribution in [0.4, 0.5) is 11.6 Å². The molecule has 1 N–H and O–H groups in total. The summed E-state index contributed by atoms with van der Waals surface area (Å²) in [6.45, 7) is 6.16. The summed E-state index contributed by atoms with van der Waals surface area (Å²) in [4.78, 5) is 11.1. The highest BCUT2D eigenvalue weighted by atomic mass is 16.5. The van der Waals surface area contributed by atoms with Gasteiger partial charge in [0, 0.05) is 30.2 Å². The number of benzene rings is 1. The first kappa shape index (κ1) is 17.5. The van der Waals surface area contributed by atoms with Crippen molar-refractivity contribution in [2.75, 3.05) is 38.7 Å². The number of aryl methyl sites for hydroxylation is 1. The number of nitrogens with zero attached hydrogens (tertiary/aromatic N) is 3. The summed E-state index contributed by atoms with van der Waals surface area (Å²) in [6, 6.07) is 7.63. The molecule has 2 heterocycles. The minimum atomic E-state index is 0.574.